The zero-order chi connectivity index (χ0) is 9.07. The van der Waals surface area contributed by atoms with Gasteiger partial charge in [0.25, 0.3) is 0 Å². The molecule has 0 atom stereocenters. The van der Waals surface area contributed by atoms with E-state index in [1.165, 1.54) is 0 Å². The molecule has 7 nitrogen and oxygen atoms in total. The maximum absolute atomic E-state index is 8.98. The molecule has 0 saturated carbocycles. The second-order valence-corrected chi connectivity index (χ2v) is 6.77. The zero-order valence-corrected chi connectivity index (χ0v) is 9.02. The molecule has 11 heavy (non-hydrogen) atoms. The Balaban J connectivity index is 3.79. The van der Waals surface area contributed by atoms with Crippen LogP contribution in [0.5, 0.6) is 0 Å². The molecule has 68 valence electrons. The van der Waals surface area contributed by atoms with E-state index in [-0.39, 0.29) is 0 Å². The Morgan fingerprint density at radius 2 is 1.27 bits per heavy atom. The van der Waals surface area contributed by atoms with Gasteiger partial charge in [-0.2, -0.15) is 0 Å². The third-order valence-corrected chi connectivity index (χ3v) is 5.83. The van der Waals surface area contributed by atoms with Gasteiger partial charge in [-0.1, -0.05) is 0 Å². The standard InChI is InChI=1S/CH10O7Si3/c1-11(6,7-9(2)3)8-10(4)5/h2-6,9-10H,1H3. The minimum atomic E-state index is -3.71. The van der Waals surface area contributed by atoms with Gasteiger partial charge in [0.05, 0.1) is 0 Å². The van der Waals surface area contributed by atoms with Gasteiger partial charge in [-0.25, -0.2) is 0 Å². The summed E-state index contributed by atoms with van der Waals surface area (Å²) in [5.74, 6) is 0. The van der Waals surface area contributed by atoms with Crippen molar-refractivity contribution in [1.29, 1.82) is 0 Å². The second-order valence-electron chi connectivity index (χ2n) is 1.79. The molecule has 0 aliphatic heterocycles. The molecule has 0 heterocycles. The van der Waals surface area contributed by atoms with Crippen molar-refractivity contribution in [3.8, 4) is 0 Å². The van der Waals surface area contributed by atoms with Gasteiger partial charge in [-0.05, 0) is 0 Å². The number of hydrogen-bond acceptors (Lipinski definition) is 7. The first-order chi connectivity index (χ1) is 4.83. The summed E-state index contributed by atoms with van der Waals surface area (Å²) < 4.78 is 8.37. The Bertz CT molecular complexity index is 100. The summed E-state index contributed by atoms with van der Waals surface area (Å²) in [5, 5.41) is 0. The van der Waals surface area contributed by atoms with Crippen LogP contribution in [0.1, 0.15) is 0 Å². The maximum Gasteiger partial charge on any atom is 0.479 e. The first kappa shape index (κ1) is 11.4. The first-order valence-corrected chi connectivity index (χ1v) is 7.91. The Kier molecular flexibility index (Phi) is 4.56. The second kappa shape index (κ2) is 4.41. The van der Waals surface area contributed by atoms with Crippen LogP contribution >= 0.6 is 0 Å². The highest BCUT2D eigenvalue weighted by Gasteiger charge is 2.35. The fourth-order valence-corrected chi connectivity index (χ4v) is 4.27. The SMILES string of the molecule is C[Si](O)(O[SiH](O)O)O[SiH](O)O. The van der Waals surface area contributed by atoms with Crippen molar-refractivity contribution in [2.24, 2.45) is 0 Å². The molecule has 0 radical (unpaired) electrons. The summed E-state index contributed by atoms with van der Waals surface area (Å²) in [6.45, 7) is 1.06. The first-order valence-electron chi connectivity index (χ1n) is 2.64. The van der Waals surface area contributed by atoms with Crippen LogP contribution in [-0.4, -0.2) is 51.8 Å². The molecule has 0 aliphatic rings. The van der Waals surface area contributed by atoms with Crippen molar-refractivity contribution in [2.45, 2.75) is 6.55 Å². The molecular weight excluding hydrogens is 208 g/mol. The summed E-state index contributed by atoms with van der Waals surface area (Å²) in [7, 11) is -10.4. The molecular formula is CH10O7Si3. The largest absolute Gasteiger partial charge is 0.479 e. The van der Waals surface area contributed by atoms with E-state index in [4.69, 9.17) is 24.0 Å². The lowest BCUT2D eigenvalue weighted by Crippen LogP contribution is -2.48. The highest BCUT2D eigenvalue weighted by Crippen LogP contribution is 2.02. The highest BCUT2D eigenvalue weighted by molar-refractivity contribution is 6.69. The van der Waals surface area contributed by atoms with E-state index in [2.05, 4.69) is 8.23 Å². The van der Waals surface area contributed by atoms with Crippen LogP contribution in [0.3, 0.4) is 0 Å². The van der Waals surface area contributed by atoms with Gasteiger partial charge < -0.3 is 32.2 Å². The van der Waals surface area contributed by atoms with Crippen molar-refractivity contribution >= 4 is 27.9 Å². The van der Waals surface area contributed by atoms with E-state index >= 15 is 0 Å². The van der Waals surface area contributed by atoms with E-state index in [9.17, 15) is 0 Å². The van der Waals surface area contributed by atoms with Gasteiger partial charge in [0, 0.05) is 6.55 Å². The molecule has 0 bridgehead atoms. The molecule has 0 aliphatic carbocycles. The molecule has 0 unspecified atom stereocenters. The van der Waals surface area contributed by atoms with E-state index in [1.807, 2.05) is 0 Å². The lowest BCUT2D eigenvalue weighted by atomic mass is 11.9. The third kappa shape index (κ3) is 6.76. The smallest absolute Gasteiger partial charge is 0.393 e. The van der Waals surface area contributed by atoms with Crippen molar-refractivity contribution in [3.63, 3.8) is 0 Å². The van der Waals surface area contributed by atoms with Crippen molar-refractivity contribution < 1.29 is 32.2 Å². The summed E-state index contributed by atoms with van der Waals surface area (Å²) >= 11 is 0. The Hall–Kier alpha value is 0.371. The average molecular weight is 218 g/mol. The summed E-state index contributed by atoms with van der Waals surface area (Å²) in [6, 6.07) is 0. The topological polar surface area (TPSA) is 120 Å². The molecule has 0 aromatic heterocycles. The van der Waals surface area contributed by atoms with Crippen LogP contribution in [0.4, 0.5) is 0 Å². The van der Waals surface area contributed by atoms with Crippen LogP contribution in [0.15, 0.2) is 0 Å². The molecule has 0 rings (SSSR count). The average Bonchev–Trinajstić information content (AvgIpc) is 1.53. The van der Waals surface area contributed by atoms with E-state index in [0.29, 0.717) is 0 Å². The van der Waals surface area contributed by atoms with Gasteiger partial charge in [0.15, 0.2) is 0 Å². The normalized spacial score (nSPS) is 13.1. The van der Waals surface area contributed by atoms with Gasteiger partial charge in [-0.3, -0.25) is 0 Å². The van der Waals surface area contributed by atoms with Gasteiger partial charge in [-0.15, -0.1) is 0 Å². The molecule has 0 amide bonds. The van der Waals surface area contributed by atoms with Crippen LogP contribution in [0.25, 0.3) is 0 Å². The lowest BCUT2D eigenvalue weighted by Gasteiger charge is -2.20. The lowest BCUT2D eigenvalue weighted by molar-refractivity contribution is 0.162. The molecule has 0 spiro atoms. The number of rotatable bonds is 4. The third-order valence-electron chi connectivity index (χ3n) is 0.648. The monoisotopic (exact) mass is 218 g/mol. The van der Waals surface area contributed by atoms with Crippen molar-refractivity contribution in [2.75, 3.05) is 0 Å². The highest BCUT2D eigenvalue weighted by atomic mass is 28.5. The Morgan fingerprint density at radius 1 is 1.00 bits per heavy atom. The molecule has 0 aromatic carbocycles. The summed E-state index contributed by atoms with van der Waals surface area (Å²) in [5.41, 5.74) is 0. The van der Waals surface area contributed by atoms with Crippen LogP contribution in [0.2, 0.25) is 6.55 Å². The molecule has 0 aromatic rings. The minimum absolute atomic E-state index is 1.06. The molecule has 5 N–H and O–H groups in total. The van der Waals surface area contributed by atoms with E-state index in [0.717, 1.165) is 6.55 Å². The number of hydrogen-bond donors (Lipinski definition) is 5. The molecule has 0 fully saturated rings. The summed E-state index contributed by atoms with van der Waals surface area (Å²) in [4.78, 5) is 42.3. The maximum atomic E-state index is 8.98. The predicted octanol–water partition coefficient (Wildman–Crippen LogP) is -4.02. The van der Waals surface area contributed by atoms with Crippen molar-refractivity contribution in [3.05, 3.63) is 0 Å². The fraction of sp³-hybridized carbons (Fsp3) is 1.00. The quantitative estimate of drug-likeness (QED) is 0.305. The minimum Gasteiger partial charge on any atom is -0.393 e. The van der Waals surface area contributed by atoms with Crippen molar-refractivity contribution in [1.82, 2.24) is 0 Å². The summed E-state index contributed by atoms with van der Waals surface area (Å²) in [6.07, 6.45) is 0. The van der Waals surface area contributed by atoms with Crippen LogP contribution in [-0.2, 0) is 8.23 Å². The van der Waals surface area contributed by atoms with Crippen LogP contribution in [0, 0.1) is 0 Å². The van der Waals surface area contributed by atoms with Crippen LogP contribution < -0.4 is 0 Å². The fourth-order valence-electron chi connectivity index (χ4n) is 0.419. The molecule has 0 saturated heterocycles. The zero-order valence-electron chi connectivity index (χ0n) is 5.71. The van der Waals surface area contributed by atoms with Gasteiger partial charge >= 0.3 is 27.9 Å². The Labute approximate surface area is 67.4 Å². The Morgan fingerprint density at radius 3 is 1.45 bits per heavy atom. The predicted molar refractivity (Wildman–Crippen MR) is 39.2 cm³/mol. The van der Waals surface area contributed by atoms with Gasteiger partial charge in [0.1, 0.15) is 0 Å². The van der Waals surface area contributed by atoms with E-state index < -0.39 is 27.9 Å². The molecule has 10 heteroatoms. The van der Waals surface area contributed by atoms with Gasteiger partial charge in [0.2, 0.25) is 0 Å². The van der Waals surface area contributed by atoms with E-state index in [1.54, 1.807) is 0 Å².